The Hall–Kier alpha value is -3.07. The molecule has 0 saturated carbocycles. The Bertz CT molecular complexity index is 1080. The summed E-state index contributed by atoms with van der Waals surface area (Å²) >= 11 is 0. The normalized spacial score (nSPS) is 17.1. The lowest BCUT2D eigenvalue weighted by Crippen LogP contribution is -2.29. The molecule has 1 aromatic rings. The van der Waals surface area contributed by atoms with Crippen LogP contribution >= 0.6 is 0 Å². The van der Waals surface area contributed by atoms with E-state index in [0.29, 0.717) is 0 Å². The molecule has 0 atom stereocenters. The predicted octanol–water partition coefficient (Wildman–Crippen LogP) is 2.96. The third-order valence-corrected chi connectivity index (χ3v) is 6.61. The summed E-state index contributed by atoms with van der Waals surface area (Å²) in [5, 5.41) is 0. The number of methoxy groups -OCH3 is 2. The van der Waals surface area contributed by atoms with Gasteiger partial charge in [0.15, 0.2) is 9.84 Å². The van der Waals surface area contributed by atoms with E-state index in [1.54, 1.807) is 30.4 Å². The van der Waals surface area contributed by atoms with E-state index in [2.05, 4.69) is 4.90 Å². The molecule has 1 fully saturated rings. The molecule has 3 rings (SSSR count). The summed E-state index contributed by atoms with van der Waals surface area (Å²) in [5.41, 5.74) is 0.950. The molecule has 0 amide bonds. The second-order valence-electron chi connectivity index (χ2n) is 7.64. The van der Waals surface area contributed by atoms with Crippen molar-refractivity contribution in [1.29, 1.82) is 0 Å². The van der Waals surface area contributed by atoms with Crippen molar-refractivity contribution in [3.05, 3.63) is 53.9 Å². The van der Waals surface area contributed by atoms with Gasteiger partial charge in [-0.05, 0) is 43.2 Å². The molecule has 1 aromatic carbocycles. The second kappa shape index (κ2) is 10.0. The van der Waals surface area contributed by atoms with Crippen LogP contribution in [0.2, 0.25) is 0 Å². The molecule has 2 heterocycles. The van der Waals surface area contributed by atoms with Crippen LogP contribution in [0.3, 0.4) is 0 Å². The first-order chi connectivity index (χ1) is 15.3. The van der Waals surface area contributed by atoms with Gasteiger partial charge in [0, 0.05) is 31.2 Å². The molecule has 0 bridgehead atoms. The van der Waals surface area contributed by atoms with Crippen molar-refractivity contribution >= 4 is 33.2 Å². The van der Waals surface area contributed by atoms with Crippen molar-refractivity contribution in [1.82, 2.24) is 0 Å². The average Bonchev–Trinajstić information content (AvgIpc) is 3.18. The van der Waals surface area contributed by atoms with Crippen molar-refractivity contribution in [2.75, 3.05) is 43.4 Å². The molecule has 9 heteroatoms. The van der Waals surface area contributed by atoms with Crippen molar-refractivity contribution in [3.63, 3.8) is 0 Å². The Morgan fingerprint density at radius 2 is 1.59 bits per heavy atom. The summed E-state index contributed by atoms with van der Waals surface area (Å²) in [6.45, 7) is 1.73. The fraction of sp³-hybridized carbons (Fsp3) is 0.391. The van der Waals surface area contributed by atoms with Crippen molar-refractivity contribution in [2.45, 2.75) is 30.6 Å². The van der Waals surface area contributed by atoms with Crippen LogP contribution < -0.4 is 9.80 Å². The molecule has 1 saturated heterocycles. The molecule has 0 spiro atoms. The van der Waals surface area contributed by atoms with Gasteiger partial charge in [-0.3, -0.25) is 0 Å². The van der Waals surface area contributed by atoms with E-state index < -0.39 is 21.8 Å². The van der Waals surface area contributed by atoms with Gasteiger partial charge in [-0.1, -0.05) is 18.9 Å². The minimum atomic E-state index is -3.65. The van der Waals surface area contributed by atoms with Gasteiger partial charge < -0.3 is 19.3 Å². The first-order valence-corrected chi connectivity index (χ1v) is 12.3. The lowest BCUT2D eigenvalue weighted by atomic mass is 10.1. The van der Waals surface area contributed by atoms with E-state index in [-0.39, 0.29) is 21.9 Å². The molecular weight excluding hydrogens is 432 g/mol. The minimum absolute atomic E-state index is 0.0354. The summed E-state index contributed by atoms with van der Waals surface area (Å²) in [5.74, 6) is -1.53. The van der Waals surface area contributed by atoms with Gasteiger partial charge in [0.25, 0.3) is 0 Å². The topological polar surface area (TPSA) is 93.2 Å². The highest BCUT2D eigenvalue weighted by Crippen LogP contribution is 2.35. The second-order valence-corrected chi connectivity index (χ2v) is 9.63. The highest BCUT2D eigenvalue weighted by molar-refractivity contribution is 7.90. The SMILES string of the molecule is COC(=O)C1=C(C(=O)OC)N(c2cc(N3CCCCCC3)ccc2S(C)(=O)=O)C=CC=C1. The van der Waals surface area contributed by atoms with Gasteiger partial charge in [-0.2, -0.15) is 0 Å². The molecule has 2 aliphatic rings. The molecule has 0 N–H and O–H groups in total. The Morgan fingerprint density at radius 3 is 2.19 bits per heavy atom. The van der Waals surface area contributed by atoms with Gasteiger partial charge in [0.1, 0.15) is 5.70 Å². The number of sulfone groups is 1. The van der Waals surface area contributed by atoms with Crippen LogP contribution in [-0.4, -0.2) is 53.9 Å². The number of hydrogen-bond donors (Lipinski definition) is 0. The number of anilines is 2. The number of allylic oxidation sites excluding steroid dienone is 2. The molecule has 8 nitrogen and oxygen atoms in total. The highest BCUT2D eigenvalue weighted by atomic mass is 32.2. The highest BCUT2D eigenvalue weighted by Gasteiger charge is 2.30. The van der Waals surface area contributed by atoms with Crippen LogP contribution in [0, 0.1) is 0 Å². The van der Waals surface area contributed by atoms with E-state index >= 15 is 0 Å². The van der Waals surface area contributed by atoms with Gasteiger partial charge in [0.05, 0.1) is 30.4 Å². The zero-order valence-corrected chi connectivity index (χ0v) is 19.4. The molecule has 0 unspecified atom stereocenters. The first kappa shape index (κ1) is 23.6. The molecule has 172 valence electrons. The Kier molecular flexibility index (Phi) is 7.40. The van der Waals surface area contributed by atoms with Crippen LogP contribution in [0.5, 0.6) is 0 Å². The molecule has 32 heavy (non-hydrogen) atoms. The van der Waals surface area contributed by atoms with Crippen molar-refractivity contribution in [2.24, 2.45) is 0 Å². The molecule has 0 aliphatic carbocycles. The number of carbonyl (C=O) groups is 2. The van der Waals surface area contributed by atoms with Crippen LogP contribution in [0.4, 0.5) is 11.4 Å². The van der Waals surface area contributed by atoms with Gasteiger partial charge in [-0.25, -0.2) is 18.0 Å². The zero-order valence-electron chi connectivity index (χ0n) is 18.5. The van der Waals surface area contributed by atoms with Gasteiger partial charge in [0.2, 0.25) is 0 Å². The number of ether oxygens (including phenoxy) is 2. The van der Waals surface area contributed by atoms with Crippen molar-refractivity contribution in [3.8, 4) is 0 Å². The smallest absolute Gasteiger partial charge is 0.355 e. The largest absolute Gasteiger partial charge is 0.465 e. The van der Waals surface area contributed by atoms with Gasteiger partial charge in [-0.15, -0.1) is 0 Å². The number of benzene rings is 1. The number of carbonyl (C=O) groups excluding carboxylic acids is 2. The number of hydrogen-bond acceptors (Lipinski definition) is 8. The van der Waals surface area contributed by atoms with Gasteiger partial charge >= 0.3 is 11.9 Å². The Labute approximate surface area is 188 Å². The predicted molar refractivity (Wildman–Crippen MR) is 122 cm³/mol. The maximum Gasteiger partial charge on any atom is 0.355 e. The third kappa shape index (κ3) is 5.04. The molecule has 0 aromatic heterocycles. The van der Waals surface area contributed by atoms with Crippen LogP contribution in [0.25, 0.3) is 0 Å². The summed E-state index contributed by atoms with van der Waals surface area (Å²) in [6, 6.07) is 5.08. The van der Waals surface area contributed by atoms with Crippen LogP contribution in [0.15, 0.2) is 58.8 Å². The number of nitrogens with zero attached hydrogens (tertiary/aromatic N) is 2. The number of esters is 2. The monoisotopic (exact) mass is 460 g/mol. The Balaban J connectivity index is 2.24. The van der Waals surface area contributed by atoms with E-state index in [1.165, 1.54) is 31.4 Å². The third-order valence-electron chi connectivity index (χ3n) is 5.46. The summed E-state index contributed by atoms with van der Waals surface area (Å²) in [7, 11) is -1.24. The van der Waals surface area contributed by atoms with Crippen molar-refractivity contribution < 1.29 is 27.5 Å². The van der Waals surface area contributed by atoms with E-state index in [9.17, 15) is 18.0 Å². The van der Waals surface area contributed by atoms with Crippen LogP contribution in [0.1, 0.15) is 25.7 Å². The first-order valence-electron chi connectivity index (χ1n) is 10.4. The van der Waals surface area contributed by atoms with E-state index in [1.807, 2.05) is 0 Å². The average molecular weight is 461 g/mol. The number of rotatable bonds is 5. The fourth-order valence-corrected chi connectivity index (χ4v) is 4.74. The molecular formula is C23H28N2O6S. The maximum atomic E-state index is 12.8. The lowest BCUT2D eigenvalue weighted by molar-refractivity contribution is -0.139. The fourth-order valence-electron chi connectivity index (χ4n) is 3.88. The maximum absolute atomic E-state index is 12.8. The summed E-state index contributed by atoms with van der Waals surface area (Å²) in [6.07, 6.45) is 11.7. The molecule has 2 aliphatic heterocycles. The summed E-state index contributed by atoms with van der Waals surface area (Å²) < 4.78 is 35.1. The van der Waals surface area contributed by atoms with E-state index in [0.717, 1.165) is 50.7 Å². The Morgan fingerprint density at radius 1 is 0.938 bits per heavy atom. The standard InChI is InChI=1S/C23H28N2O6S/c1-30-22(26)18-10-6-9-15-25(21(18)23(27)31-2)19-16-17(11-12-20(19)32(3,28)29)24-13-7-4-5-8-14-24/h6,9-12,15-16H,4-5,7-8,13-14H2,1-3H3. The van der Waals surface area contributed by atoms with E-state index in [4.69, 9.17) is 9.47 Å². The van der Waals surface area contributed by atoms with Crippen LogP contribution in [-0.2, 0) is 28.9 Å². The quantitative estimate of drug-likeness (QED) is 0.619. The summed E-state index contributed by atoms with van der Waals surface area (Å²) in [4.78, 5) is 28.8. The minimum Gasteiger partial charge on any atom is -0.465 e. The zero-order chi connectivity index (χ0) is 23.3. The molecule has 0 radical (unpaired) electrons. The lowest BCUT2D eigenvalue weighted by Gasteiger charge is -2.28.